The van der Waals surface area contributed by atoms with Crippen molar-refractivity contribution in [2.75, 3.05) is 18.5 Å². The summed E-state index contributed by atoms with van der Waals surface area (Å²) in [5, 5.41) is 0. The van der Waals surface area contributed by atoms with Crippen molar-refractivity contribution in [2.24, 2.45) is 0 Å². The Balaban J connectivity index is 2.50. The van der Waals surface area contributed by atoms with Crippen LogP contribution in [0.15, 0.2) is 10.7 Å². The molecule has 0 aliphatic carbocycles. The van der Waals surface area contributed by atoms with Gasteiger partial charge in [-0.15, -0.1) is 11.6 Å². The maximum atomic E-state index is 11.9. The molecule has 1 aromatic rings. The molecule has 0 bridgehead atoms. The molecular formula is C8H10ClF3N2O. The summed E-state index contributed by atoms with van der Waals surface area (Å²) in [5.74, 6) is 0.177. The van der Waals surface area contributed by atoms with E-state index < -0.39 is 12.6 Å². The van der Waals surface area contributed by atoms with Gasteiger partial charge in [0.1, 0.15) is 6.26 Å². The SMILES string of the molecule is CN(CCC(F)(F)F)c1nc(CCl)co1. The molecule has 15 heavy (non-hydrogen) atoms. The summed E-state index contributed by atoms with van der Waals surface area (Å²) < 4.78 is 40.7. The Labute approximate surface area is 89.8 Å². The first-order valence-electron chi connectivity index (χ1n) is 4.20. The number of rotatable bonds is 4. The van der Waals surface area contributed by atoms with Crippen molar-refractivity contribution in [1.29, 1.82) is 0 Å². The average Bonchev–Trinajstić information content (AvgIpc) is 2.61. The van der Waals surface area contributed by atoms with Gasteiger partial charge in [0.2, 0.25) is 0 Å². The number of oxazole rings is 1. The van der Waals surface area contributed by atoms with Gasteiger partial charge in [0, 0.05) is 13.6 Å². The van der Waals surface area contributed by atoms with Crippen molar-refractivity contribution in [3.8, 4) is 0 Å². The molecule has 0 aliphatic heterocycles. The Kier molecular flexibility index (Phi) is 3.84. The molecule has 0 amide bonds. The minimum absolute atomic E-state index is 0.148. The Bertz CT molecular complexity index is 313. The van der Waals surface area contributed by atoms with Crippen LogP contribution in [0.25, 0.3) is 0 Å². The summed E-state index contributed by atoms with van der Waals surface area (Å²) in [6.07, 6.45) is -3.75. The minimum Gasteiger partial charge on any atom is -0.432 e. The van der Waals surface area contributed by atoms with Crippen LogP contribution in [-0.4, -0.2) is 24.8 Å². The summed E-state index contributed by atoms with van der Waals surface area (Å²) in [6, 6.07) is 0.148. The summed E-state index contributed by atoms with van der Waals surface area (Å²) in [5.41, 5.74) is 0.505. The minimum atomic E-state index is -4.17. The Morgan fingerprint density at radius 3 is 2.67 bits per heavy atom. The number of halogens is 4. The lowest BCUT2D eigenvalue weighted by molar-refractivity contribution is -0.132. The monoisotopic (exact) mass is 242 g/mol. The highest BCUT2D eigenvalue weighted by molar-refractivity contribution is 6.16. The molecule has 1 heterocycles. The van der Waals surface area contributed by atoms with Gasteiger partial charge < -0.3 is 9.32 Å². The van der Waals surface area contributed by atoms with Crippen molar-refractivity contribution in [2.45, 2.75) is 18.5 Å². The number of alkyl halides is 4. The van der Waals surface area contributed by atoms with E-state index in [4.69, 9.17) is 16.0 Å². The van der Waals surface area contributed by atoms with E-state index in [1.54, 1.807) is 0 Å². The van der Waals surface area contributed by atoms with Gasteiger partial charge in [-0.25, -0.2) is 0 Å². The van der Waals surface area contributed by atoms with Crippen molar-refractivity contribution in [1.82, 2.24) is 4.98 Å². The smallest absolute Gasteiger partial charge is 0.390 e. The maximum Gasteiger partial charge on any atom is 0.390 e. The number of hydrogen-bond acceptors (Lipinski definition) is 3. The fourth-order valence-electron chi connectivity index (χ4n) is 0.923. The van der Waals surface area contributed by atoms with E-state index in [-0.39, 0.29) is 18.4 Å². The molecule has 0 aliphatic rings. The van der Waals surface area contributed by atoms with E-state index in [0.717, 1.165) is 0 Å². The molecule has 0 N–H and O–H groups in total. The molecule has 0 atom stereocenters. The van der Waals surface area contributed by atoms with Crippen molar-refractivity contribution < 1.29 is 17.6 Å². The largest absolute Gasteiger partial charge is 0.432 e. The molecule has 0 saturated heterocycles. The highest BCUT2D eigenvalue weighted by Gasteiger charge is 2.27. The van der Waals surface area contributed by atoms with Gasteiger partial charge >= 0.3 is 6.18 Å². The lowest BCUT2D eigenvalue weighted by Crippen LogP contribution is -2.24. The molecule has 0 unspecified atom stereocenters. The third kappa shape index (κ3) is 3.99. The molecule has 86 valence electrons. The van der Waals surface area contributed by atoms with E-state index in [9.17, 15) is 13.2 Å². The van der Waals surface area contributed by atoms with Gasteiger partial charge in [0.05, 0.1) is 18.0 Å². The first kappa shape index (κ1) is 12.2. The van der Waals surface area contributed by atoms with Gasteiger partial charge in [-0.05, 0) is 0 Å². The quantitative estimate of drug-likeness (QED) is 0.761. The molecule has 0 spiro atoms. The number of nitrogens with zero attached hydrogens (tertiary/aromatic N) is 2. The molecule has 1 rings (SSSR count). The summed E-state index contributed by atoms with van der Waals surface area (Å²) in [4.78, 5) is 5.18. The van der Waals surface area contributed by atoms with Gasteiger partial charge in [-0.1, -0.05) is 0 Å². The zero-order valence-corrected chi connectivity index (χ0v) is 8.77. The van der Waals surface area contributed by atoms with Crippen LogP contribution in [0.4, 0.5) is 19.2 Å². The highest BCUT2D eigenvalue weighted by atomic mass is 35.5. The molecule has 1 aromatic heterocycles. The standard InChI is InChI=1S/C8H10ClF3N2O/c1-14(3-2-8(10,11)12)7-13-6(4-9)5-15-7/h5H,2-4H2,1H3. The number of anilines is 1. The zero-order chi connectivity index (χ0) is 11.5. The van der Waals surface area contributed by atoms with Crippen molar-refractivity contribution in [3.63, 3.8) is 0 Å². The molecule has 3 nitrogen and oxygen atoms in total. The zero-order valence-electron chi connectivity index (χ0n) is 8.01. The molecule has 7 heteroatoms. The summed E-state index contributed by atoms with van der Waals surface area (Å²) in [6.45, 7) is -0.189. The van der Waals surface area contributed by atoms with Crippen LogP contribution in [0.3, 0.4) is 0 Å². The van der Waals surface area contributed by atoms with E-state index in [2.05, 4.69) is 4.98 Å². The van der Waals surface area contributed by atoms with Gasteiger partial charge in [0.25, 0.3) is 6.01 Å². The van der Waals surface area contributed by atoms with E-state index in [1.165, 1.54) is 18.2 Å². The van der Waals surface area contributed by atoms with Gasteiger partial charge in [-0.3, -0.25) is 0 Å². The Morgan fingerprint density at radius 1 is 1.53 bits per heavy atom. The predicted octanol–water partition coefficient (Wildman–Crippen LogP) is 2.80. The lowest BCUT2D eigenvalue weighted by Gasteiger charge is -2.15. The second kappa shape index (κ2) is 4.74. The molecule has 0 aromatic carbocycles. The van der Waals surface area contributed by atoms with Crippen LogP contribution in [0.5, 0.6) is 0 Å². The molecule has 0 radical (unpaired) electrons. The van der Waals surface area contributed by atoms with Crippen LogP contribution in [0.1, 0.15) is 12.1 Å². The highest BCUT2D eigenvalue weighted by Crippen LogP contribution is 2.21. The van der Waals surface area contributed by atoms with Crippen molar-refractivity contribution in [3.05, 3.63) is 12.0 Å². The second-order valence-corrected chi connectivity index (χ2v) is 3.31. The normalized spacial score (nSPS) is 11.8. The maximum absolute atomic E-state index is 11.9. The third-order valence-corrected chi connectivity index (χ3v) is 2.01. The fraction of sp³-hybridized carbons (Fsp3) is 0.625. The fourth-order valence-corrected chi connectivity index (χ4v) is 1.05. The van der Waals surface area contributed by atoms with E-state index in [1.807, 2.05) is 0 Å². The second-order valence-electron chi connectivity index (χ2n) is 3.04. The summed E-state index contributed by atoms with van der Waals surface area (Å²) >= 11 is 5.47. The Morgan fingerprint density at radius 2 is 2.20 bits per heavy atom. The van der Waals surface area contributed by atoms with Crippen LogP contribution in [0, 0.1) is 0 Å². The first-order valence-corrected chi connectivity index (χ1v) is 4.74. The number of aromatic nitrogens is 1. The Hall–Kier alpha value is -0.910. The van der Waals surface area contributed by atoms with Crippen LogP contribution in [-0.2, 0) is 5.88 Å². The predicted molar refractivity (Wildman–Crippen MR) is 50.0 cm³/mol. The molecule has 0 fully saturated rings. The third-order valence-electron chi connectivity index (χ3n) is 1.73. The molecular weight excluding hydrogens is 233 g/mol. The van der Waals surface area contributed by atoms with Gasteiger partial charge in [-0.2, -0.15) is 18.2 Å². The summed E-state index contributed by atoms with van der Waals surface area (Å²) in [7, 11) is 1.48. The van der Waals surface area contributed by atoms with Crippen LogP contribution < -0.4 is 4.90 Å². The average molecular weight is 243 g/mol. The van der Waals surface area contributed by atoms with E-state index in [0.29, 0.717) is 5.69 Å². The lowest BCUT2D eigenvalue weighted by atomic mass is 10.4. The van der Waals surface area contributed by atoms with Crippen molar-refractivity contribution >= 4 is 17.6 Å². The van der Waals surface area contributed by atoms with Crippen LogP contribution in [0.2, 0.25) is 0 Å². The molecule has 0 saturated carbocycles. The van der Waals surface area contributed by atoms with Crippen LogP contribution >= 0.6 is 11.6 Å². The first-order chi connectivity index (χ1) is 6.92. The van der Waals surface area contributed by atoms with E-state index >= 15 is 0 Å². The topological polar surface area (TPSA) is 29.3 Å². The number of hydrogen-bond donors (Lipinski definition) is 0. The van der Waals surface area contributed by atoms with Gasteiger partial charge in [0.15, 0.2) is 0 Å².